The van der Waals surface area contributed by atoms with E-state index in [-0.39, 0.29) is 5.92 Å². The molecule has 1 rings (SSSR count). The third-order valence-corrected chi connectivity index (χ3v) is 3.25. The maximum Gasteiger partial charge on any atom is 0.320 e. The monoisotopic (exact) mass is 185 g/mol. The molecule has 0 saturated heterocycles. The lowest BCUT2D eigenvalue weighted by atomic mass is 9.78. The van der Waals surface area contributed by atoms with Crippen LogP contribution in [0.25, 0.3) is 0 Å². The van der Waals surface area contributed by atoms with Crippen LogP contribution in [-0.2, 0) is 4.79 Å². The van der Waals surface area contributed by atoms with Crippen LogP contribution in [-0.4, -0.2) is 17.1 Å². The predicted octanol–water partition coefficient (Wildman–Crippen LogP) is 1.61. The summed E-state index contributed by atoms with van der Waals surface area (Å²) in [5, 5.41) is 8.76. The smallest absolute Gasteiger partial charge is 0.320 e. The topological polar surface area (TPSA) is 63.3 Å². The van der Waals surface area contributed by atoms with Gasteiger partial charge < -0.3 is 10.8 Å². The Hall–Kier alpha value is -0.570. The lowest BCUT2D eigenvalue weighted by molar-refractivity contribution is -0.140. The first kappa shape index (κ1) is 10.5. The van der Waals surface area contributed by atoms with E-state index in [1.165, 1.54) is 19.3 Å². The highest BCUT2D eigenvalue weighted by Crippen LogP contribution is 2.30. The second-order valence-corrected chi connectivity index (χ2v) is 4.12. The van der Waals surface area contributed by atoms with Crippen molar-refractivity contribution < 1.29 is 9.90 Å². The summed E-state index contributed by atoms with van der Waals surface area (Å²) in [6.07, 6.45) is 6.08. The van der Waals surface area contributed by atoms with Crippen molar-refractivity contribution in [3.63, 3.8) is 0 Å². The van der Waals surface area contributed by atoms with Crippen molar-refractivity contribution >= 4 is 5.97 Å². The molecule has 0 radical (unpaired) electrons. The van der Waals surface area contributed by atoms with Crippen molar-refractivity contribution in [3.05, 3.63) is 0 Å². The fraction of sp³-hybridized carbons (Fsp3) is 0.900. The summed E-state index contributed by atoms with van der Waals surface area (Å²) in [5.41, 5.74) is 5.59. The molecule has 0 aromatic carbocycles. The highest BCUT2D eigenvalue weighted by atomic mass is 16.4. The van der Waals surface area contributed by atoms with Gasteiger partial charge in [-0.3, -0.25) is 4.79 Å². The van der Waals surface area contributed by atoms with E-state index in [2.05, 4.69) is 0 Å². The van der Waals surface area contributed by atoms with Crippen molar-refractivity contribution in [1.82, 2.24) is 0 Å². The Labute approximate surface area is 79.3 Å². The quantitative estimate of drug-likeness (QED) is 0.702. The molecule has 0 amide bonds. The molecule has 2 atom stereocenters. The molecule has 3 heteroatoms. The maximum absolute atomic E-state index is 10.7. The number of carboxylic acid groups (broad SMARTS) is 1. The molecule has 1 aliphatic rings. The van der Waals surface area contributed by atoms with Crippen LogP contribution in [0.2, 0.25) is 0 Å². The second kappa shape index (κ2) is 4.61. The molecule has 1 aliphatic carbocycles. The minimum atomic E-state index is -0.863. The third-order valence-electron chi connectivity index (χ3n) is 3.25. The van der Waals surface area contributed by atoms with Crippen molar-refractivity contribution in [2.75, 3.05) is 0 Å². The first-order valence-electron chi connectivity index (χ1n) is 5.11. The zero-order valence-corrected chi connectivity index (χ0v) is 8.20. The zero-order valence-electron chi connectivity index (χ0n) is 8.20. The zero-order chi connectivity index (χ0) is 9.84. The number of rotatable bonds is 3. The summed E-state index contributed by atoms with van der Waals surface area (Å²) >= 11 is 0. The maximum atomic E-state index is 10.7. The Morgan fingerprint density at radius 3 is 2.38 bits per heavy atom. The molecule has 3 N–H and O–H groups in total. The van der Waals surface area contributed by atoms with Crippen LogP contribution in [0.4, 0.5) is 0 Å². The number of carboxylic acids is 1. The predicted molar refractivity (Wildman–Crippen MR) is 51.4 cm³/mol. The van der Waals surface area contributed by atoms with Crippen LogP contribution in [0.3, 0.4) is 0 Å². The highest BCUT2D eigenvalue weighted by Gasteiger charge is 2.28. The number of nitrogens with two attached hydrogens (primary N) is 1. The summed E-state index contributed by atoms with van der Waals surface area (Å²) < 4.78 is 0. The van der Waals surface area contributed by atoms with Crippen LogP contribution >= 0.6 is 0 Å². The van der Waals surface area contributed by atoms with Crippen molar-refractivity contribution in [1.29, 1.82) is 0 Å². The molecular formula is C10H19NO2. The van der Waals surface area contributed by atoms with Gasteiger partial charge in [0.1, 0.15) is 6.04 Å². The van der Waals surface area contributed by atoms with Gasteiger partial charge in [-0.2, -0.15) is 0 Å². The van der Waals surface area contributed by atoms with E-state index in [9.17, 15) is 4.79 Å². The lowest BCUT2D eigenvalue weighted by Gasteiger charge is -2.29. The molecule has 0 aromatic heterocycles. The average Bonchev–Trinajstić information content (AvgIpc) is 2.17. The van der Waals surface area contributed by atoms with Crippen molar-refractivity contribution in [3.8, 4) is 0 Å². The normalized spacial score (nSPS) is 23.8. The van der Waals surface area contributed by atoms with E-state index in [1.54, 1.807) is 0 Å². The number of hydrogen-bond acceptors (Lipinski definition) is 2. The van der Waals surface area contributed by atoms with E-state index in [0.717, 1.165) is 12.8 Å². The Kier molecular flexibility index (Phi) is 3.72. The molecule has 76 valence electrons. The van der Waals surface area contributed by atoms with Gasteiger partial charge in [-0.25, -0.2) is 0 Å². The molecule has 0 heterocycles. The minimum Gasteiger partial charge on any atom is -0.480 e. The number of carbonyl (C=O) groups is 1. The van der Waals surface area contributed by atoms with Gasteiger partial charge in [0.15, 0.2) is 0 Å². The van der Waals surface area contributed by atoms with Crippen LogP contribution in [0.5, 0.6) is 0 Å². The summed E-state index contributed by atoms with van der Waals surface area (Å²) in [5.74, 6) is -0.212. The Morgan fingerprint density at radius 1 is 1.38 bits per heavy atom. The molecule has 13 heavy (non-hydrogen) atoms. The van der Waals surface area contributed by atoms with Crippen molar-refractivity contribution in [2.24, 2.45) is 17.6 Å². The van der Waals surface area contributed by atoms with Gasteiger partial charge >= 0.3 is 5.97 Å². The van der Waals surface area contributed by atoms with Gasteiger partial charge in [-0.15, -0.1) is 0 Å². The van der Waals surface area contributed by atoms with E-state index >= 15 is 0 Å². The van der Waals surface area contributed by atoms with Gasteiger partial charge in [0.2, 0.25) is 0 Å². The van der Waals surface area contributed by atoms with Gasteiger partial charge in [0.25, 0.3) is 0 Å². The number of aliphatic carboxylic acids is 1. The van der Waals surface area contributed by atoms with Gasteiger partial charge in [0, 0.05) is 0 Å². The molecule has 0 aromatic rings. The van der Waals surface area contributed by atoms with Gasteiger partial charge in [0.05, 0.1) is 0 Å². The molecule has 0 aliphatic heterocycles. The third kappa shape index (κ3) is 2.69. The van der Waals surface area contributed by atoms with E-state index in [4.69, 9.17) is 10.8 Å². The first-order chi connectivity index (χ1) is 6.13. The Balaban J connectivity index is 2.44. The minimum absolute atomic E-state index is 0.123. The van der Waals surface area contributed by atoms with Crippen molar-refractivity contribution in [2.45, 2.75) is 45.1 Å². The van der Waals surface area contributed by atoms with Gasteiger partial charge in [-0.05, 0) is 11.8 Å². The Morgan fingerprint density at radius 2 is 1.92 bits per heavy atom. The van der Waals surface area contributed by atoms with Crippen LogP contribution in [0.1, 0.15) is 39.0 Å². The SMILES string of the molecule is C[C@@H](C1CCCCC1)[C@@H](N)C(=O)O. The van der Waals surface area contributed by atoms with Crippen LogP contribution < -0.4 is 5.73 Å². The van der Waals surface area contributed by atoms with Gasteiger partial charge in [-0.1, -0.05) is 39.0 Å². The largest absolute Gasteiger partial charge is 0.480 e. The highest BCUT2D eigenvalue weighted by molar-refractivity contribution is 5.73. The first-order valence-corrected chi connectivity index (χ1v) is 5.11. The Bertz CT molecular complexity index is 176. The van der Waals surface area contributed by atoms with E-state index in [0.29, 0.717) is 5.92 Å². The summed E-state index contributed by atoms with van der Waals surface area (Å²) in [4.78, 5) is 10.7. The fourth-order valence-corrected chi connectivity index (χ4v) is 2.18. The fourth-order valence-electron chi connectivity index (χ4n) is 2.18. The molecule has 1 saturated carbocycles. The number of hydrogen-bond donors (Lipinski definition) is 2. The van der Waals surface area contributed by atoms with Crippen LogP contribution in [0, 0.1) is 11.8 Å². The average molecular weight is 185 g/mol. The molecule has 1 fully saturated rings. The standard InChI is InChI=1S/C10H19NO2/c1-7(9(11)10(12)13)8-5-3-2-4-6-8/h7-9H,2-6,11H2,1H3,(H,12,13)/t7-,9+/m0/s1. The lowest BCUT2D eigenvalue weighted by Crippen LogP contribution is -2.40. The molecule has 0 unspecified atom stereocenters. The molecule has 3 nitrogen and oxygen atoms in total. The van der Waals surface area contributed by atoms with E-state index in [1.807, 2.05) is 6.92 Å². The molecule has 0 bridgehead atoms. The van der Waals surface area contributed by atoms with E-state index < -0.39 is 12.0 Å². The summed E-state index contributed by atoms with van der Waals surface area (Å²) in [7, 11) is 0. The molecule has 0 spiro atoms. The second-order valence-electron chi connectivity index (χ2n) is 4.12. The summed E-state index contributed by atoms with van der Waals surface area (Å²) in [6.45, 7) is 1.97. The summed E-state index contributed by atoms with van der Waals surface area (Å²) in [6, 6.07) is -0.678. The van der Waals surface area contributed by atoms with Crippen LogP contribution in [0.15, 0.2) is 0 Å². The molecular weight excluding hydrogens is 166 g/mol.